The van der Waals surface area contributed by atoms with Crippen molar-refractivity contribution in [1.29, 1.82) is 0 Å². The zero-order valence-corrected chi connectivity index (χ0v) is 23.1. The molecule has 4 aromatic carbocycles. The van der Waals surface area contributed by atoms with Gasteiger partial charge in [-0.3, -0.25) is 0 Å². The van der Waals surface area contributed by atoms with Gasteiger partial charge in [0, 0.05) is 17.9 Å². The second kappa shape index (κ2) is 13.9. The molecule has 31 heavy (non-hydrogen) atoms. The van der Waals surface area contributed by atoms with Gasteiger partial charge in [-0.05, 0) is 70.8 Å². The van der Waals surface area contributed by atoms with Crippen LogP contribution >= 0.6 is 63.7 Å². The molecule has 0 saturated carbocycles. The highest BCUT2D eigenvalue weighted by molar-refractivity contribution is 9.11. The molecule has 0 spiro atoms. The molecule has 0 aliphatic heterocycles. The summed E-state index contributed by atoms with van der Waals surface area (Å²) in [6.45, 7) is 0. The second-order valence-corrected chi connectivity index (χ2v) is 9.91. The standard InChI is InChI=1S/2C12H8Br2.O2S/c2*13-11-5-1-3-9(7-11)10-4-2-6-12(14)8-10;1-3-2/h2*1-8H;. The zero-order valence-electron chi connectivity index (χ0n) is 16.0. The molecule has 0 saturated heterocycles. The summed E-state index contributed by atoms with van der Waals surface area (Å²) >= 11 is 13.1. The average Bonchev–Trinajstić information content (AvgIpc) is 2.75. The van der Waals surface area contributed by atoms with Gasteiger partial charge in [0.15, 0.2) is 0 Å². The highest BCUT2D eigenvalue weighted by Gasteiger charge is 1.99. The van der Waals surface area contributed by atoms with Gasteiger partial charge < -0.3 is 0 Å². The fraction of sp³-hybridized carbons (Fsp3) is 0. The Morgan fingerprint density at radius 1 is 0.419 bits per heavy atom. The molecule has 0 fully saturated rings. The molecule has 0 unspecified atom stereocenters. The van der Waals surface area contributed by atoms with Crippen LogP contribution in [0.1, 0.15) is 0 Å². The van der Waals surface area contributed by atoms with E-state index in [2.05, 4.69) is 112 Å². The van der Waals surface area contributed by atoms with E-state index >= 15 is 0 Å². The molecule has 158 valence electrons. The highest BCUT2D eigenvalue weighted by atomic mass is 79.9. The molecule has 0 aromatic heterocycles. The van der Waals surface area contributed by atoms with E-state index in [0.717, 1.165) is 17.9 Å². The van der Waals surface area contributed by atoms with Crippen LogP contribution in [0.15, 0.2) is 115 Å². The third-order valence-corrected chi connectivity index (χ3v) is 5.94. The van der Waals surface area contributed by atoms with Crippen LogP contribution in [0.2, 0.25) is 0 Å². The topological polar surface area (TPSA) is 34.1 Å². The fourth-order valence-electron chi connectivity index (χ4n) is 2.67. The van der Waals surface area contributed by atoms with Gasteiger partial charge in [-0.2, -0.15) is 8.42 Å². The van der Waals surface area contributed by atoms with Crippen LogP contribution in [0.4, 0.5) is 0 Å². The Hall–Kier alpha value is -1.38. The maximum atomic E-state index is 8.29. The molecular formula is C24H16Br4O2S. The van der Waals surface area contributed by atoms with Crippen molar-refractivity contribution in [2.24, 2.45) is 0 Å². The first-order valence-electron chi connectivity index (χ1n) is 8.87. The Bertz CT molecular complexity index is 1000. The van der Waals surface area contributed by atoms with Crippen LogP contribution in [0.5, 0.6) is 0 Å². The third kappa shape index (κ3) is 9.33. The van der Waals surface area contributed by atoms with Crippen LogP contribution in [-0.2, 0) is 11.6 Å². The first-order valence-corrected chi connectivity index (χ1v) is 12.7. The maximum absolute atomic E-state index is 8.29. The number of hydrogen-bond acceptors (Lipinski definition) is 2. The van der Waals surface area contributed by atoms with Crippen molar-refractivity contribution in [2.75, 3.05) is 0 Å². The van der Waals surface area contributed by atoms with Gasteiger partial charge in [0.1, 0.15) is 0 Å². The molecule has 0 aliphatic rings. The van der Waals surface area contributed by atoms with E-state index in [9.17, 15) is 0 Å². The summed E-state index contributed by atoms with van der Waals surface area (Å²) in [5, 5.41) is 0. The predicted octanol–water partition coefficient (Wildman–Crippen LogP) is 9.09. The molecule has 0 heterocycles. The summed E-state index contributed by atoms with van der Waals surface area (Å²) in [5.41, 5.74) is 4.89. The number of hydrogen-bond donors (Lipinski definition) is 0. The third-order valence-electron chi connectivity index (χ3n) is 3.97. The number of halogens is 4. The minimum atomic E-state index is -0.750. The highest BCUT2D eigenvalue weighted by Crippen LogP contribution is 2.26. The van der Waals surface area contributed by atoms with E-state index in [1.54, 1.807) is 0 Å². The minimum Gasteiger partial charge on any atom is -0.168 e. The Labute approximate surface area is 219 Å². The summed E-state index contributed by atoms with van der Waals surface area (Å²) in [7, 11) is 0. The van der Waals surface area contributed by atoms with Crippen LogP contribution in [0.3, 0.4) is 0 Å². The summed E-state index contributed by atoms with van der Waals surface area (Å²) < 4.78 is 21.0. The van der Waals surface area contributed by atoms with E-state index in [1.807, 2.05) is 48.5 Å². The summed E-state index contributed by atoms with van der Waals surface area (Å²) in [6.07, 6.45) is 0. The monoisotopic (exact) mass is 684 g/mol. The normalized spacial score (nSPS) is 9.55. The van der Waals surface area contributed by atoms with Crippen LogP contribution in [0, 0.1) is 0 Å². The maximum Gasteiger partial charge on any atom is 0.335 e. The van der Waals surface area contributed by atoms with Crippen LogP contribution < -0.4 is 0 Å². The SMILES string of the molecule is Brc1cccc(-c2cccc(Br)c2)c1.Brc1cccc(-c2cccc(Br)c2)c1.O=S=O. The molecule has 4 aromatic rings. The molecule has 0 aliphatic carbocycles. The molecule has 0 N–H and O–H groups in total. The van der Waals surface area contributed by atoms with Gasteiger partial charge in [-0.1, -0.05) is 112 Å². The van der Waals surface area contributed by atoms with Crippen LogP contribution in [-0.4, -0.2) is 8.42 Å². The van der Waals surface area contributed by atoms with Gasteiger partial charge >= 0.3 is 11.6 Å². The first-order chi connectivity index (χ1) is 14.9. The molecule has 7 heteroatoms. The Kier molecular flexibility index (Phi) is 11.6. The lowest BCUT2D eigenvalue weighted by Crippen LogP contribution is -1.77. The van der Waals surface area contributed by atoms with Gasteiger partial charge in [-0.25, -0.2) is 0 Å². The minimum absolute atomic E-state index is 0.750. The van der Waals surface area contributed by atoms with Gasteiger partial charge in [0.25, 0.3) is 0 Å². The first kappa shape index (κ1) is 25.9. The fourth-order valence-corrected chi connectivity index (χ4v) is 4.27. The van der Waals surface area contributed by atoms with E-state index in [4.69, 9.17) is 8.42 Å². The number of benzene rings is 4. The van der Waals surface area contributed by atoms with E-state index in [-0.39, 0.29) is 0 Å². The quantitative estimate of drug-likeness (QED) is 0.211. The van der Waals surface area contributed by atoms with E-state index in [1.165, 1.54) is 22.3 Å². The second-order valence-electron chi connectivity index (χ2n) is 6.11. The van der Waals surface area contributed by atoms with Crippen molar-refractivity contribution >= 4 is 75.3 Å². The lowest BCUT2D eigenvalue weighted by Gasteiger charge is -2.02. The van der Waals surface area contributed by atoms with Crippen molar-refractivity contribution < 1.29 is 8.42 Å². The Balaban J connectivity index is 0.000000196. The summed E-state index contributed by atoms with van der Waals surface area (Å²) in [4.78, 5) is 0. The summed E-state index contributed by atoms with van der Waals surface area (Å²) in [6, 6.07) is 33.2. The lowest BCUT2D eigenvalue weighted by molar-refractivity contribution is 0.630. The summed E-state index contributed by atoms with van der Waals surface area (Å²) in [5.74, 6) is 0. The van der Waals surface area contributed by atoms with E-state index < -0.39 is 11.6 Å². The van der Waals surface area contributed by atoms with Crippen molar-refractivity contribution in [3.63, 3.8) is 0 Å². The predicted molar refractivity (Wildman–Crippen MR) is 143 cm³/mol. The molecule has 0 amide bonds. The van der Waals surface area contributed by atoms with Crippen molar-refractivity contribution in [3.05, 3.63) is 115 Å². The lowest BCUT2D eigenvalue weighted by atomic mass is 10.1. The number of rotatable bonds is 2. The van der Waals surface area contributed by atoms with Crippen molar-refractivity contribution in [3.8, 4) is 22.3 Å². The Morgan fingerprint density at radius 2 is 0.613 bits per heavy atom. The molecule has 0 atom stereocenters. The van der Waals surface area contributed by atoms with Gasteiger partial charge in [-0.15, -0.1) is 0 Å². The smallest absolute Gasteiger partial charge is 0.168 e. The molecule has 4 rings (SSSR count). The van der Waals surface area contributed by atoms with E-state index in [0.29, 0.717) is 0 Å². The average molecular weight is 688 g/mol. The molecular weight excluding hydrogens is 672 g/mol. The van der Waals surface area contributed by atoms with Crippen molar-refractivity contribution in [2.45, 2.75) is 0 Å². The molecule has 0 bridgehead atoms. The Morgan fingerprint density at radius 3 is 0.774 bits per heavy atom. The largest absolute Gasteiger partial charge is 0.335 e. The molecule has 2 nitrogen and oxygen atoms in total. The van der Waals surface area contributed by atoms with Gasteiger partial charge in [0.2, 0.25) is 0 Å². The van der Waals surface area contributed by atoms with Gasteiger partial charge in [0.05, 0.1) is 0 Å². The van der Waals surface area contributed by atoms with Crippen molar-refractivity contribution in [1.82, 2.24) is 0 Å². The molecule has 0 radical (unpaired) electrons. The van der Waals surface area contributed by atoms with Crippen LogP contribution in [0.25, 0.3) is 22.3 Å². The zero-order chi connectivity index (χ0) is 22.6.